The molecule has 3 saturated carbocycles. The van der Waals surface area contributed by atoms with Crippen molar-refractivity contribution in [3.8, 4) is 0 Å². The average Bonchev–Trinajstić information content (AvgIpc) is 2.98. The first kappa shape index (κ1) is 24.0. The predicted octanol–water partition coefficient (Wildman–Crippen LogP) is 2.74. The molecule has 0 radical (unpaired) electrons. The molecule has 3 aliphatic carbocycles. The van der Waals surface area contributed by atoms with Gasteiger partial charge in [0.1, 0.15) is 0 Å². The summed E-state index contributed by atoms with van der Waals surface area (Å²) in [7, 11) is 0. The van der Waals surface area contributed by atoms with Gasteiger partial charge >= 0.3 is 5.97 Å². The third-order valence-corrected chi connectivity index (χ3v) is 11.4. The molecule has 6 heteroatoms. The van der Waals surface area contributed by atoms with E-state index in [0.29, 0.717) is 30.9 Å². The van der Waals surface area contributed by atoms with E-state index in [9.17, 15) is 20.1 Å². The summed E-state index contributed by atoms with van der Waals surface area (Å²) in [5.74, 6) is 1.60. The van der Waals surface area contributed by atoms with E-state index >= 15 is 0 Å². The molecule has 2 saturated heterocycles. The maximum atomic E-state index is 13.0. The van der Waals surface area contributed by atoms with E-state index in [1.54, 1.807) is 0 Å². The maximum Gasteiger partial charge on any atom is 0.309 e. The number of aliphatic hydroxyl groups excluding tert-OH is 3. The number of fused-ring (bicyclic) bond motifs is 5. The zero-order valence-corrected chi connectivity index (χ0v) is 20.9. The highest BCUT2D eigenvalue weighted by molar-refractivity contribution is 5.74. The van der Waals surface area contributed by atoms with Gasteiger partial charge in [0.05, 0.1) is 30.8 Å². The van der Waals surface area contributed by atoms with Crippen molar-refractivity contribution in [2.45, 2.75) is 97.0 Å². The highest BCUT2D eigenvalue weighted by Gasteiger charge is 2.64. The molecule has 0 spiro atoms. The number of carbonyl (C=O) groups excluding carboxylic acids is 1. The lowest BCUT2D eigenvalue weighted by atomic mass is 9.48. The topological polar surface area (TPSA) is 99.0 Å². The number of nitrogens with one attached hydrogen (secondary N) is 1. The van der Waals surface area contributed by atoms with Crippen LogP contribution in [-0.4, -0.2) is 58.8 Å². The highest BCUT2D eigenvalue weighted by atomic mass is 16.5. The van der Waals surface area contributed by atoms with Gasteiger partial charge in [0.25, 0.3) is 0 Å². The molecule has 2 aliphatic heterocycles. The SMILES string of the molecule is C[C@@H]1CC[C@H]([C@@H](C)[C@H]2[C@@H](O)C[C@H]3[C@@H]4COC(=O)[C@H]5C[C@H](O)[C@H](O)C[C@]5(C)[C@H]4CC[C@]23C)NC1. The van der Waals surface area contributed by atoms with Crippen LogP contribution >= 0.6 is 0 Å². The lowest BCUT2D eigenvalue weighted by molar-refractivity contribution is -0.162. The Balaban J connectivity index is 1.42. The molecule has 0 bridgehead atoms. The molecule has 0 aromatic carbocycles. The van der Waals surface area contributed by atoms with E-state index in [1.807, 2.05) is 0 Å². The van der Waals surface area contributed by atoms with Crippen LogP contribution in [0.2, 0.25) is 0 Å². The number of cyclic esters (lactones) is 1. The maximum absolute atomic E-state index is 13.0. The molecular weight excluding hydrogens is 418 g/mol. The lowest BCUT2D eigenvalue weighted by Crippen LogP contribution is -2.55. The molecule has 5 aliphatic rings. The Kier molecular flexibility index (Phi) is 6.16. The quantitative estimate of drug-likeness (QED) is 0.470. The first-order valence-electron chi connectivity index (χ1n) is 13.5. The standard InChI is InChI=1S/C27H45NO5/c1-14-5-6-20(28-12-14)15(2)24-22(30)9-18-16-13-33-25(32)19-10-21(29)23(31)11-27(19,4)17(16)7-8-26(18,24)3/h14-24,28-31H,5-13H2,1-4H3/t14-,15-,16-,17+,18+,19-,20-,21+,22+,23-,24+,26+,27-/m1/s1. The Morgan fingerprint density at radius 2 is 1.76 bits per heavy atom. The Morgan fingerprint density at radius 1 is 1.00 bits per heavy atom. The first-order valence-corrected chi connectivity index (χ1v) is 13.5. The summed E-state index contributed by atoms with van der Waals surface area (Å²) in [5, 5.41) is 36.0. The molecule has 0 amide bonds. The summed E-state index contributed by atoms with van der Waals surface area (Å²) < 4.78 is 5.88. The van der Waals surface area contributed by atoms with Crippen LogP contribution < -0.4 is 5.32 Å². The van der Waals surface area contributed by atoms with E-state index < -0.39 is 12.2 Å². The van der Waals surface area contributed by atoms with Gasteiger partial charge in [0, 0.05) is 6.04 Å². The van der Waals surface area contributed by atoms with Crippen molar-refractivity contribution in [1.29, 1.82) is 0 Å². The predicted molar refractivity (Wildman–Crippen MR) is 125 cm³/mol. The summed E-state index contributed by atoms with van der Waals surface area (Å²) in [4.78, 5) is 13.0. The van der Waals surface area contributed by atoms with Crippen LogP contribution in [0.25, 0.3) is 0 Å². The Bertz CT molecular complexity index is 753. The largest absolute Gasteiger partial charge is 0.465 e. The lowest BCUT2D eigenvalue weighted by Gasteiger charge is -2.56. The summed E-state index contributed by atoms with van der Waals surface area (Å²) in [5.41, 5.74) is -0.339. The number of rotatable bonds is 2. The van der Waals surface area contributed by atoms with E-state index in [1.165, 1.54) is 12.8 Å². The van der Waals surface area contributed by atoms with Crippen molar-refractivity contribution in [3.63, 3.8) is 0 Å². The Hall–Kier alpha value is -0.690. The molecule has 4 N–H and O–H groups in total. The van der Waals surface area contributed by atoms with E-state index in [-0.39, 0.29) is 53.0 Å². The fraction of sp³-hybridized carbons (Fsp3) is 0.963. The Morgan fingerprint density at radius 3 is 2.45 bits per heavy atom. The Labute approximate surface area is 198 Å². The molecule has 5 rings (SSSR count). The van der Waals surface area contributed by atoms with Gasteiger partial charge in [-0.25, -0.2) is 0 Å². The van der Waals surface area contributed by atoms with Gasteiger partial charge in [-0.1, -0.05) is 27.7 Å². The van der Waals surface area contributed by atoms with Crippen LogP contribution in [0.4, 0.5) is 0 Å². The second kappa shape index (κ2) is 8.46. The number of piperidine rings is 1. The first-order chi connectivity index (χ1) is 15.6. The minimum atomic E-state index is -0.856. The third kappa shape index (κ3) is 3.70. The summed E-state index contributed by atoms with van der Waals surface area (Å²) in [6.45, 7) is 10.7. The van der Waals surface area contributed by atoms with Crippen molar-refractivity contribution < 1.29 is 24.9 Å². The molecule has 33 heavy (non-hydrogen) atoms. The van der Waals surface area contributed by atoms with E-state index in [4.69, 9.17) is 4.74 Å². The van der Waals surface area contributed by atoms with Crippen LogP contribution in [0.5, 0.6) is 0 Å². The molecule has 6 nitrogen and oxygen atoms in total. The van der Waals surface area contributed by atoms with Crippen molar-refractivity contribution in [3.05, 3.63) is 0 Å². The van der Waals surface area contributed by atoms with Crippen molar-refractivity contribution in [2.24, 2.45) is 52.3 Å². The van der Waals surface area contributed by atoms with Gasteiger partial charge < -0.3 is 25.4 Å². The van der Waals surface area contributed by atoms with Gasteiger partial charge in [-0.05, 0) is 97.8 Å². The average molecular weight is 464 g/mol. The van der Waals surface area contributed by atoms with Gasteiger partial charge in [0.15, 0.2) is 0 Å². The molecular formula is C27H45NO5. The molecule has 2 heterocycles. The number of ether oxygens (including phenoxy) is 1. The van der Waals surface area contributed by atoms with Crippen LogP contribution in [0, 0.1) is 52.3 Å². The van der Waals surface area contributed by atoms with Gasteiger partial charge in [0.2, 0.25) is 0 Å². The monoisotopic (exact) mass is 463 g/mol. The van der Waals surface area contributed by atoms with Crippen LogP contribution in [-0.2, 0) is 9.53 Å². The summed E-state index contributed by atoms with van der Waals surface area (Å²) in [6.07, 6.45) is 4.02. The fourth-order valence-corrected chi connectivity index (χ4v) is 9.51. The van der Waals surface area contributed by atoms with E-state index in [0.717, 1.165) is 31.7 Å². The summed E-state index contributed by atoms with van der Waals surface area (Å²) in [6, 6.07) is 0.456. The third-order valence-electron chi connectivity index (χ3n) is 11.4. The smallest absolute Gasteiger partial charge is 0.309 e. The number of hydrogen-bond acceptors (Lipinski definition) is 6. The fourth-order valence-electron chi connectivity index (χ4n) is 9.51. The van der Waals surface area contributed by atoms with Crippen molar-refractivity contribution in [1.82, 2.24) is 5.32 Å². The zero-order valence-electron chi connectivity index (χ0n) is 20.9. The molecule has 13 atom stereocenters. The van der Waals surface area contributed by atoms with Gasteiger partial charge in [-0.3, -0.25) is 4.79 Å². The molecule has 0 aromatic rings. The number of aliphatic hydroxyl groups is 3. The second-order valence-corrected chi connectivity index (χ2v) is 13.1. The normalized spacial score (nSPS) is 55.5. The molecule has 5 fully saturated rings. The van der Waals surface area contributed by atoms with Gasteiger partial charge in [-0.15, -0.1) is 0 Å². The highest BCUT2D eigenvalue weighted by Crippen LogP contribution is 2.66. The minimum Gasteiger partial charge on any atom is -0.465 e. The van der Waals surface area contributed by atoms with Crippen LogP contribution in [0.3, 0.4) is 0 Å². The number of esters is 1. The van der Waals surface area contributed by atoms with Crippen molar-refractivity contribution in [2.75, 3.05) is 13.2 Å². The second-order valence-electron chi connectivity index (χ2n) is 13.1. The van der Waals surface area contributed by atoms with Crippen LogP contribution in [0.1, 0.15) is 72.6 Å². The van der Waals surface area contributed by atoms with Gasteiger partial charge in [-0.2, -0.15) is 0 Å². The molecule has 0 unspecified atom stereocenters. The zero-order chi connectivity index (χ0) is 23.7. The van der Waals surface area contributed by atoms with Crippen molar-refractivity contribution >= 4 is 5.97 Å². The number of carbonyl (C=O) groups is 1. The number of hydrogen-bond donors (Lipinski definition) is 4. The molecule has 0 aromatic heterocycles. The minimum absolute atomic E-state index is 0.0279. The van der Waals surface area contributed by atoms with E-state index in [2.05, 4.69) is 33.0 Å². The molecule has 188 valence electrons. The summed E-state index contributed by atoms with van der Waals surface area (Å²) >= 11 is 0. The van der Waals surface area contributed by atoms with Crippen LogP contribution in [0.15, 0.2) is 0 Å².